The van der Waals surface area contributed by atoms with Gasteiger partial charge in [0.05, 0.1) is 0 Å². The summed E-state index contributed by atoms with van der Waals surface area (Å²) in [5.41, 5.74) is 11.0. The maximum absolute atomic E-state index is 8.73. The van der Waals surface area contributed by atoms with Crippen molar-refractivity contribution in [1.82, 2.24) is 0 Å². The number of hydrogen-bond acceptors (Lipinski definition) is 1. The molecule has 0 fully saturated rings. The molecule has 51 heavy (non-hydrogen) atoms. The number of halogens is 2. The molecule has 0 aliphatic heterocycles. The van der Waals surface area contributed by atoms with Crippen LogP contribution in [0.5, 0.6) is 0 Å². The second-order valence-corrected chi connectivity index (χ2v) is 53.4. The minimum absolute atomic E-state index is 0.0415. The molecule has 5 heteroatoms. The van der Waals surface area contributed by atoms with Crippen LogP contribution in [-0.4, -0.2) is 5.43 Å². The van der Waals surface area contributed by atoms with Crippen LogP contribution in [-0.2, 0) is 15.0 Å². The summed E-state index contributed by atoms with van der Waals surface area (Å²) in [6.07, 6.45) is 4.75. The molecule has 9 rings (SSSR count). The summed E-state index contributed by atoms with van der Waals surface area (Å²) in [5, 5.41) is 4.96. The fraction of sp³-hybridized carbons (Fsp3) is 0.130. The van der Waals surface area contributed by atoms with Crippen molar-refractivity contribution in [2.45, 2.75) is 34.2 Å². The second-order valence-electron chi connectivity index (χ2n) is 14.6. The van der Waals surface area contributed by atoms with Crippen LogP contribution >= 0.6 is 17.0 Å². The van der Waals surface area contributed by atoms with Gasteiger partial charge in [-0.2, -0.15) is 0 Å². The zero-order valence-corrected chi connectivity index (χ0v) is 34.1. The van der Waals surface area contributed by atoms with Crippen LogP contribution < -0.4 is 0 Å². The molecule has 7 aromatic rings. The third-order valence-electron chi connectivity index (χ3n) is 11.5. The van der Waals surface area contributed by atoms with Gasteiger partial charge in [0.25, 0.3) is 0 Å². The van der Waals surface area contributed by atoms with Crippen molar-refractivity contribution < 1.29 is 19.4 Å². The molecule has 1 heterocycles. The van der Waals surface area contributed by atoms with Gasteiger partial charge in [0.15, 0.2) is 0 Å². The summed E-state index contributed by atoms with van der Waals surface area (Å²) < 4.78 is 6.30. The van der Waals surface area contributed by atoms with Crippen molar-refractivity contribution >= 4 is 61.7 Å². The van der Waals surface area contributed by atoms with E-state index >= 15 is 0 Å². The van der Waals surface area contributed by atoms with Crippen LogP contribution in [0.4, 0.5) is 0 Å². The molecule has 2 aliphatic carbocycles. The van der Waals surface area contributed by atoms with E-state index in [1.807, 2.05) is 6.92 Å². The molecule has 0 saturated carbocycles. The van der Waals surface area contributed by atoms with E-state index < -0.39 is 20.4 Å². The van der Waals surface area contributed by atoms with Gasteiger partial charge in [-0.1, -0.05) is 0 Å². The SMILES string of the molecule is CC1=Cc2c(-c3cccc4ccccc34)cccc2[CH]1[Zr]([Cl])([Cl])([CH]1C(c2ccc(C)o2)=Cc2c(-c3cccc4ccccc34)cccc21)=[Si](C)C. The van der Waals surface area contributed by atoms with Crippen LogP contribution in [0.1, 0.15) is 47.9 Å². The third-order valence-corrected chi connectivity index (χ3v) is 58.2. The van der Waals surface area contributed by atoms with E-state index in [0.717, 1.165) is 17.1 Å². The summed E-state index contributed by atoms with van der Waals surface area (Å²) in [6.45, 7) is 9.02. The van der Waals surface area contributed by atoms with E-state index in [-0.39, 0.29) is 7.25 Å². The Morgan fingerprint density at radius 2 is 1.02 bits per heavy atom. The van der Waals surface area contributed by atoms with Gasteiger partial charge in [0.2, 0.25) is 0 Å². The molecule has 0 bridgehead atoms. The predicted octanol–water partition coefficient (Wildman–Crippen LogP) is 14.2. The molecular weight excluding hydrogens is 759 g/mol. The van der Waals surface area contributed by atoms with Crippen LogP contribution in [0.15, 0.2) is 143 Å². The average molecular weight is 797 g/mol. The zero-order chi connectivity index (χ0) is 35.1. The molecule has 0 N–H and O–H groups in total. The molecule has 2 aliphatic rings. The van der Waals surface area contributed by atoms with E-state index in [0.29, 0.717) is 0 Å². The van der Waals surface area contributed by atoms with Crippen molar-refractivity contribution in [2.24, 2.45) is 0 Å². The van der Waals surface area contributed by atoms with E-state index in [4.69, 9.17) is 21.4 Å². The van der Waals surface area contributed by atoms with Gasteiger partial charge in [-0.15, -0.1) is 0 Å². The fourth-order valence-electron chi connectivity index (χ4n) is 9.16. The van der Waals surface area contributed by atoms with Crippen LogP contribution in [0.25, 0.3) is 61.5 Å². The summed E-state index contributed by atoms with van der Waals surface area (Å²) in [4.78, 5) is 0. The first-order valence-electron chi connectivity index (χ1n) is 17.7. The summed E-state index contributed by atoms with van der Waals surface area (Å²) in [5.74, 6) is 1.75. The van der Waals surface area contributed by atoms with E-state index in [2.05, 4.69) is 166 Å². The summed E-state index contributed by atoms with van der Waals surface area (Å²) >= 11 is -5.10. The quantitative estimate of drug-likeness (QED) is 0.158. The number of benzene rings is 6. The predicted molar refractivity (Wildman–Crippen MR) is 218 cm³/mol. The number of furan rings is 1. The normalized spacial score (nSPS) is 17.0. The van der Waals surface area contributed by atoms with Gasteiger partial charge in [-0.25, -0.2) is 0 Å². The van der Waals surface area contributed by atoms with Gasteiger partial charge >= 0.3 is 310 Å². The topological polar surface area (TPSA) is 13.1 Å². The van der Waals surface area contributed by atoms with Crippen molar-refractivity contribution in [3.05, 3.63) is 173 Å². The molecule has 250 valence electrons. The Kier molecular flexibility index (Phi) is 7.91. The van der Waals surface area contributed by atoms with E-state index in [1.54, 1.807) is 0 Å². The van der Waals surface area contributed by atoms with Gasteiger partial charge in [0, 0.05) is 0 Å². The molecule has 0 amide bonds. The average Bonchev–Trinajstić information content (AvgIpc) is 3.86. The fourth-order valence-corrected chi connectivity index (χ4v) is 38.2. The van der Waals surface area contributed by atoms with Crippen LogP contribution in [0.3, 0.4) is 0 Å². The number of hydrogen-bond donors (Lipinski definition) is 0. The maximum atomic E-state index is 8.73. The standard InChI is InChI=1S/C24H17O.C20H15.C2H6Si.2ClH.Zr/c1-16-12-13-24(25-16)19-14-18-8-5-11-22(23(18)15-19)21-10-4-7-17-6-2-3-9-20(17)21;1-14-12-16-8-5-11-19(20(16)13-14)18-10-4-7-15-6-2-3-9-17(15)18;1-3-2;;;/h2-15H,1H3;2-13H,1H3;1-2H3;2*1H;/q;;;;;+2/p-2. The van der Waals surface area contributed by atoms with Crippen LogP contribution in [0, 0.1) is 6.92 Å². The number of rotatable bonds is 5. The third kappa shape index (κ3) is 4.96. The van der Waals surface area contributed by atoms with Crippen molar-refractivity contribution in [2.75, 3.05) is 0 Å². The first kappa shape index (κ1) is 33.1. The van der Waals surface area contributed by atoms with Crippen LogP contribution in [0.2, 0.25) is 13.1 Å². The molecule has 6 aromatic carbocycles. The van der Waals surface area contributed by atoms with Crippen molar-refractivity contribution in [1.29, 1.82) is 0 Å². The number of fused-ring (bicyclic) bond motifs is 4. The minimum atomic E-state index is -5.10. The molecule has 2 unspecified atom stereocenters. The second kappa shape index (κ2) is 12.2. The summed E-state index contributed by atoms with van der Waals surface area (Å²) in [7, 11) is 17.5. The van der Waals surface area contributed by atoms with Crippen molar-refractivity contribution in [3.63, 3.8) is 0 Å². The Hall–Kier alpha value is -3.72. The number of allylic oxidation sites excluding steroid dienone is 2. The Morgan fingerprint density at radius 3 is 1.57 bits per heavy atom. The van der Waals surface area contributed by atoms with Crippen molar-refractivity contribution in [3.8, 4) is 22.3 Å². The van der Waals surface area contributed by atoms with E-state index in [1.165, 1.54) is 71.6 Å². The molecule has 0 spiro atoms. The Labute approximate surface area is 308 Å². The van der Waals surface area contributed by atoms with Gasteiger partial charge in [0.1, 0.15) is 0 Å². The molecule has 2 atom stereocenters. The first-order chi connectivity index (χ1) is 24.6. The zero-order valence-electron chi connectivity index (χ0n) is 29.2. The molecule has 0 radical (unpaired) electrons. The Morgan fingerprint density at radius 1 is 0.529 bits per heavy atom. The molecule has 1 aromatic heterocycles. The van der Waals surface area contributed by atoms with Gasteiger partial charge in [-0.3, -0.25) is 0 Å². The Bertz CT molecular complexity index is 2710. The number of aryl methyl sites for hydroxylation is 1. The molecular formula is C46H38Cl2OSiZr. The molecule has 1 nitrogen and oxygen atoms in total. The van der Waals surface area contributed by atoms with Gasteiger partial charge in [-0.05, 0) is 0 Å². The molecule has 0 saturated heterocycles. The summed E-state index contributed by atoms with van der Waals surface area (Å²) in [6, 6.07) is 48.2. The van der Waals surface area contributed by atoms with E-state index in [9.17, 15) is 0 Å². The monoisotopic (exact) mass is 794 g/mol. The first-order valence-corrected chi connectivity index (χ1v) is 33.1. The van der Waals surface area contributed by atoms with Gasteiger partial charge < -0.3 is 0 Å². The Balaban J connectivity index is 1.30.